The molecule has 0 fully saturated rings. The topological polar surface area (TPSA) is 0 Å². The van der Waals surface area contributed by atoms with Gasteiger partial charge < -0.3 is 0 Å². The summed E-state index contributed by atoms with van der Waals surface area (Å²) in [6, 6.07) is 73.0. The highest BCUT2D eigenvalue weighted by Gasteiger charge is 2.23. The lowest BCUT2D eigenvalue weighted by Gasteiger charge is -2.23. The smallest absolute Gasteiger partial charge is 0.00137 e. The number of hydrogen-bond donors (Lipinski definition) is 0. The van der Waals surface area contributed by atoms with E-state index in [2.05, 4.69) is 194 Å². The molecule has 0 N–H and O–H groups in total. The highest BCUT2D eigenvalue weighted by Crippen LogP contribution is 2.51. The molecule has 0 aliphatic rings. The van der Waals surface area contributed by atoms with Crippen LogP contribution in [0.25, 0.3) is 130 Å². The average molecular weight is 705 g/mol. The molecule has 0 unspecified atom stereocenters. The van der Waals surface area contributed by atoms with Crippen molar-refractivity contribution in [1.82, 2.24) is 0 Å². The lowest BCUT2D eigenvalue weighted by molar-refractivity contribution is 1.71. The highest BCUT2D eigenvalue weighted by molar-refractivity contribution is 6.37. The van der Waals surface area contributed by atoms with Gasteiger partial charge in [0.2, 0.25) is 0 Å². The zero-order valence-electron chi connectivity index (χ0n) is 30.5. The molecule has 0 heterocycles. The van der Waals surface area contributed by atoms with Gasteiger partial charge in [0.05, 0.1) is 0 Å². The fourth-order valence-corrected chi connectivity index (χ4v) is 10.4. The minimum atomic E-state index is 1.25. The van der Waals surface area contributed by atoms with Crippen LogP contribution in [-0.4, -0.2) is 0 Å². The maximum atomic E-state index is 2.52. The summed E-state index contributed by atoms with van der Waals surface area (Å²) in [7, 11) is 0. The van der Waals surface area contributed by atoms with Gasteiger partial charge in [-0.25, -0.2) is 0 Å². The van der Waals surface area contributed by atoms with E-state index in [1.54, 1.807) is 0 Å². The highest BCUT2D eigenvalue weighted by atomic mass is 14.3. The number of benzene rings is 13. The third-order valence-corrected chi connectivity index (χ3v) is 12.7. The summed E-state index contributed by atoms with van der Waals surface area (Å²) < 4.78 is 0. The third-order valence-electron chi connectivity index (χ3n) is 12.7. The fraction of sp³-hybridized carbons (Fsp3) is 0. The van der Waals surface area contributed by atoms with Crippen molar-refractivity contribution in [3.05, 3.63) is 194 Å². The van der Waals surface area contributed by atoms with Crippen molar-refractivity contribution in [3.63, 3.8) is 0 Å². The van der Waals surface area contributed by atoms with Gasteiger partial charge in [-0.1, -0.05) is 188 Å². The van der Waals surface area contributed by atoms with Crippen molar-refractivity contribution < 1.29 is 0 Å². The predicted molar refractivity (Wildman–Crippen MR) is 244 cm³/mol. The molecule has 0 aliphatic carbocycles. The second-order valence-electron chi connectivity index (χ2n) is 15.5. The van der Waals surface area contributed by atoms with E-state index in [-0.39, 0.29) is 0 Å². The van der Waals surface area contributed by atoms with E-state index >= 15 is 0 Å². The van der Waals surface area contributed by atoms with Crippen LogP contribution >= 0.6 is 0 Å². The van der Waals surface area contributed by atoms with Crippen molar-refractivity contribution in [3.8, 4) is 22.3 Å². The van der Waals surface area contributed by atoms with Crippen LogP contribution in [0.1, 0.15) is 0 Å². The van der Waals surface area contributed by atoms with Gasteiger partial charge in [0.25, 0.3) is 0 Å². The molecule has 0 radical (unpaired) electrons. The first kappa shape index (κ1) is 30.1. The Labute approximate surface area is 322 Å². The van der Waals surface area contributed by atoms with Crippen LogP contribution < -0.4 is 0 Å². The van der Waals surface area contributed by atoms with Gasteiger partial charge in [-0.3, -0.25) is 0 Å². The average Bonchev–Trinajstić information content (AvgIpc) is 3.27. The van der Waals surface area contributed by atoms with Gasteiger partial charge in [-0.05, 0) is 136 Å². The number of hydrogen-bond acceptors (Lipinski definition) is 0. The molecule has 0 bridgehead atoms. The Morgan fingerprint density at radius 3 is 1.38 bits per heavy atom. The van der Waals surface area contributed by atoms with Gasteiger partial charge in [0, 0.05) is 0 Å². The van der Waals surface area contributed by atoms with Crippen molar-refractivity contribution in [1.29, 1.82) is 0 Å². The lowest BCUT2D eigenvalue weighted by atomic mass is 9.80. The second-order valence-corrected chi connectivity index (χ2v) is 15.5. The summed E-state index contributed by atoms with van der Waals surface area (Å²) in [5.41, 5.74) is 5.14. The Morgan fingerprint density at radius 2 is 0.643 bits per heavy atom. The molecule has 13 aromatic carbocycles. The molecule has 0 aromatic heterocycles. The van der Waals surface area contributed by atoms with Crippen LogP contribution in [0.2, 0.25) is 0 Å². The van der Waals surface area contributed by atoms with Crippen molar-refractivity contribution in [2.75, 3.05) is 0 Å². The van der Waals surface area contributed by atoms with Crippen molar-refractivity contribution >= 4 is 108 Å². The molecule has 0 spiro atoms. The zero-order chi connectivity index (χ0) is 36.5. The molecule has 0 saturated carbocycles. The molecule has 0 amide bonds. The summed E-state index contributed by atoms with van der Waals surface area (Å²) in [4.78, 5) is 0. The fourth-order valence-electron chi connectivity index (χ4n) is 10.4. The minimum Gasteiger partial charge on any atom is -0.0616 e. The summed E-state index contributed by atoms with van der Waals surface area (Å²) in [5.74, 6) is 0. The van der Waals surface area contributed by atoms with Crippen LogP contribution in [0.15, 0.2) is 194 Å². The molecular formula is C56H32. The Kier molecular flexibility index (Phi) is 5.98. The van der Waals surface area contributed by atoms with E-state index in [9.17, 15) is 0 Å². The molecule has 56 heavy (non-hydrogen) atoms. The SMILES string of the molecule is c1ccc2c(c1)ccc1c(-c3ccc4ccc5cccc6ccc3c4c56)c3ccccc3c(-c3cc4c5ccccc5c5ccccc5c4c4ccccc34)c12. The van der Waals surface area contributed by atoms with E-state index < -0.39 is 0 Å². The Morgan fingerprint density at radius 1 is 0.179 bits per heavy atom. The van der Waals surface area contributed by atoms with Crippen LogP contribution in [0.4, 0.5) is 0 Å². The lowest BCUT2D eigenvalue weighted by Crippen LogP contribution is -1.95. The van der Waals surface area contributed by atoms with Gasteiger partial charge >= 0.3 is 0 Å². The van der Waals surface area contributed by atoms with Crippen LogP contribution in [-0.2, 0) is 0 Å². The van der Waals surface area contributed by atoms with Crippen molar-refractivity contribution in [2.45, 2.75) is 0 Å². The summed E-state index contributed by atoms with van der Waals surface area (Å²) in [6.45, 7) is 0. The maximum absolute atomic E-state index is 2.52. The monoisotopic (exact) mass is 704 g/mol. The first-order valence-corrected chi connectivity index (χ1v) is 19.6. The molecule has 256 valence electrons. The molecule has 0 heteroatoms. The largest absolute Gasteiger partial charge is 0.0616 e. The van der Waals surface area contributed by atoms with Crippen LogP contribution in [0.5, 0.6) is 0 Å². The summed E-state index contributed by atoms with van der Waals surface area (Å²) in [6.07, 6.45) is 0. The van der Waals surface area contributed by atoms with Gasteiger partial charge in [-0.15, -0.1) is 0 Å². The standard InChI is InChI=1S/C56H32/c1-2-15-37-33(12-1)26-31-48-53(47-30-28-36-25-24-34-13-11-14-35-27-29-46(47)52(36)51(34)35)44-22-9-10-23-45(44)56(55(37)48)50-32-49-40-18-4-3-16-38(40)39-17-5-7-20-42(39)54(49)43-21-8-6-19-41(43)50/h1-32H. The molecule has 0 atom stereocenters. The van der Waals surface area contributed by atoms with E-state index in [0.717, 1.165) is 0 Å². The first-order chi connectivity index (χ1) is 27.8. The number of fused-ring (bicyclic) bond motifs is 12. The van der Waals surface area contributed by atoms with E-state index in [4.69, 9.17) is 0 Å². The molecule has 13 rings (SSSR count). The van der Waals surface area contributed by atoms with Crippen LogP contribution in [0.3, 0.4) is 0 Å². The van der Waals surface area contributed by atoms with Crippen LogP contribution in [0, 0.1) is 0 Å². The number of rotatable bonds is 2. The summed E-state index contributed by atoms with van der Waals surface area (Å²) in [5, 5.41) is 25.9. The molecule has 13 aromatic rings. The third kappa shape index (κ3) is 3.93. The van der Waals surface area contributed by atoms with Gasteiger partial charge in [-0.2, -0.15) is 0 Å². The second kappa shape index (κ2) is 11.1. The molecular weight excluding hydrogens is 673 g/mol. The molecule has 0 nitrogen and oxygen atoms in total. The van der Waals surface area contributed by atoms with Crippen molar-refractivity contribution in [2.24, 2.45) is 0 Å². The Bertz CT molecular complexity index is 3790. The Balaban J connectivity index is 1.26. The molecule has 0 aliphatic heterocycles. The van der Waals surface area contributed by atoms with E-state index in [1.807, 2.05) is 0 Å². The Hall–Kier alpha value is -7.28. The normalized spacial score (nSPS) is 12.3. The predicted octanol–water partition coefficient (Wildman–Crippen LogP) is 16.0. The van der Waals surface area contributed by atoms with E-state index in [1.165, 1.54) is 130 Å². The minimum absolute atomic E-state index is 1.25. The quantitative estimate of drug-likeness (QED) is 0.124. The van der Waals surface area contributed by atoms with Gasteiger partial charge in [0.15, 0.2) is 0 Å². The summed E-state index contributed by atoms with van der Waals surface area (Å²) >= 11 is 0. The molecule has 0 saturated heterocycles. The van der Waals surface area contributed by atoms with E-state index in [0.29, 0.717) is 0 Å². The maximum Gasteiger partial charge on any atom is -0.00137 e. The van der Waals surface area contributed by atoms with Gasteiger partial charge in [0.1, 0.15) is 0 Å². The first-order valence-electron chi connectivity index (χ1n) is 19.6. The zero-order valence-corrected chi connectivity index (χ0v) is 30.5.